The Bertz CT molecular complexity index is 707. The van der Waals surface area contributed by atoms with Crippen LogP contribution < -0.4 is 0 Å². The number of carbonyl (C=O) groups is 1. The Labute approximate surface area is 136 Å². The van der Waals surface area contributed by atoms with E-state index in [-0.39, 0.29) is 11.8 Å². The fourth-order valence-electron chi connectivity index (χ4n) is 3.35. The lowest BCUT2D eigenvalue weighted by molar-refractivity contribution is -0.0576. The summed E-state index contributed by atoms with van der Waals surface area (Å²) in [4.78, 5) is 19.0. The number of amides is 1. The zero-order valence-corrected chi connectivity index (χ0v) is 13.9. The molecule has 0 saturated carbocycles. The summed E-state index contributed by atoms with van der Waals surface area (Å²) in [6.07, 6.45) is 6.53. The highest BCUT2D eigenvalue weighted by Crippen LogP contribution is 2.33. The molecule has 2 aromatic heterocycles. The highest BCUT2D eigenvalue weighted by atomic mass is 16.3. The highest BCUT2D eigenvalue weighted by Gasteiger charge is 2.39. The molecule has 2 aromatic rings. The third-order valence-corrected chi connectivity index (χ3v) is 4.76. The second-order valence-corrected chi connectivity index (χ2v) is 7.13. The van der Waals surface area contributed by atoms with Gasteiger partial charge in [0.15, 0.2) is 5.65 Å². The van der Waals surface area contributed by atoms with Gasteiger partial charge in [0, 0.05) is 31.4 Å². The van der Waals surface area contributed by atoms with Crippen molar-refractivity contribution in [3.8, 4) is 0 Å². The molecule has 1 aliphatic heterocycles. The first-order valence-electron chi connectivity index (χ1n) is 8.18. The van der Waals surface area contributed by atoms with Crippen molar-refractivity contribution < 1.29 is 9.90 Å². The topological polar surface area (TPSA) is 70.7 Å². The van der Waals surface area contributed by atoms with Crippen LogP contribution in [0.2, 0.25) is 0 Å². The molecule has 0 spiro atoms. The summed E-state index contributed by atoms with van der Waals surface area (Å²) in [7, 11) is 0. The first-order chi connectivity index (χ1) is 10.9. The summed E-state index contributed by atoms with van der Waals surface area (Å²) in [5, 5.41) is 14.8. The molecule has 0 unspecified atom stereocenters. The molecule has 2 atom stereocenters. The fourth-order valence-corrected chi connectivity index (χ4v) is 3.35. The second-order valence-electron chi connectivity index (χ2n) is 7.13. The van der Waals surface area contributed by atoms with E-state index in [1.54, 1.807) is 29.2 Å². The van der Waals surface area contributed by atoms with Crippen LogP contribution in [-0.2, 0) is 0 Å². The van der Waals surface area contributed by atoms with Crippen molar-refractivity contribution in [2.24, 2.45) is 11.8 Å². The van der Waals surface area contributed by atoms with E-state index in [4.69, 9.17) is 0 Å². The molecule has 3 heterocycles. The quantitative estimate of drug-likeness (QED) is 0.940. The number of aliphatic hydroxyl groups is 1. The van der Waals surface area contributed by atoms with Crippen LogP contribution >= 0.6 is 0 Å². The second kappa shape index (κ2) is 5.92. The van der Waals surface area contributed by atoms with Gasteiger partial charge in [0.05, 0.1) is 11.8 Å². The normalized spacial score (nSPS) is 25.3. The van der Waals surface area contributed by atoms with Crippen LogP contribution in [-0.4, -0.2) is 49.2 Å². The summed E-state index contributed by atoms with van der Waals surface area (Å²) in [5.74, 6) is 0.526. The van der Waals surface area contributed by atoms with Crippen LogP contribution in [0.15, 0.2) is 24.7 Å². The molecule has 0 bridgehead atoms. The van der Waals surface area contributed by atoms with Gasteiger partial charge in [0.25, 0.3) is 5.91 Å². The lowest BCUT2D eigenvalue weighted by Crippen LogP contribution is -2.52. The van der Waals surface area contributed by atoms with Crippen molar-refractivity contribution in [3.05, 3.63) is 30.2 Å². The maximum Gasteiger partial charge on any atom is 0.259 e. The number of fused-ring (bicyclic) bond motifs is 1. The lowest BCUT2D eigenvalue weighted by Gasteiger charge is -2.43. The first kappa shape index (κ1) is 15.9. The Hall–Kier alpha value is -1.95. The van der Waals surface area contributed by atoms with Gasteiger partial charge in [-0.15, -0.1) is 0 Å². The van der Waals surface area contributed by atoms with E-state index in [1.807, 2.05) is 11.8 Å². The monoisotopic (exact) mass is 316 g/mol. The van der Waals surface area contributed by atoms with Crippen LogP contribution in [0, 0.1) is 11.8 Å². The first-order valence-corrected chi connectivity index (χ1v) is 8.18. The largest absolute Gasteiger partial charge is 0.390 e. The number of hydrogen-bond donors (Lipinski definition) is 1. The molecule has 124 valence electrons. The highest BCUT2D eigenvalue weighted by molar-refractivity contribution is 5.99. The summed E-state index contributed by atoms with van der Waals surface area (Å²) >= 11 is 0. The molecule has 1 fully saturated rings. The van der Waals surface area contributed by atoms with Crippen molar-refractivity contribution in [2.45, 2.75) is 39.2 Å². The Morgan fingerprint density at radius 3 is 3.04 bits per heavy atom. The zero-order chi connectivity index (χ0) is 16.6. The van der Waals surface area contributed by atoms with Crippen molar-refractivity contribution in [2.75, 3.05) is 13.1 Å². The minimum Gasteiger partial charge on any atom is -0.390 e. The molecule has 1 aliphatic rings. The van der Waals surface area contributed by atoms with Crippen molar-refractivity contribution >= 4 is 11.6 Å². The molecule has 0 aliphatic carbocycles. The number of likely N-dealkylation sites (tertiary alicyclic amines) is 1. The van der Waals surface area contributed by atoms with Gasteiger partial charge in [-0.3, -0.25) is 4.79 Å². The van der Waals surface area contributed by atoms with Crippen molar-refractivity contribution in [1.29, 1.82) is 0 Å². The fraction of sp³-hybridized carbons (Fsp3) is 0.588. The van der Waals surface area contributed by atoms with Crippen molar-refractivity contribution in [3.63, 3.8) is 0 Å². The third kappa shape index (κ3) is 3.08. The third-order valence-electron chi connectivity index (χ3n) is 4.76. The molecule has 1 amide bonds. The predicted octanol–water partition coefficient (Wildman–Crippen LogP) is 1.99. The van der Waals surface area contributed by atoms with Crippen LogP contribution in [0.25, 0.3) is 5.65 Å². The maximum absolute atomic E-state index is 12.9. The minimum atomic E-state index is -0.708. The molecule has 6 heteroatoms. The summed E-state index contributed by atoms with van der Waals surface area (Å²) in [6.45, 7) is 7.32. The molecule has 3 rings (SSSR count). The molecule has 23 heavy (non-hydrogen) atoms. The van der Waals surface area contributed by atoms with E-state index in [2.05, 4.69) is 23.9 Å². The Morgan fingerprint density at radius 1 is 1.52 bits per heavy atom. The Balaban J connectivity index is 1.82. The minimum absolute atomic E-state index is 0.0528. The molecular formula is C17H24N4O2. The van der Waals surface area contributed by atoms with Crippen LogP contribution in [0.1, 0.15) is 44.0 Å². The molecule has 0 radical (unpaired) electrons. The smallest absolute Gasteiger partial charge is 0.259 e. The van der Waals surface area contributed by atoms with E-state index >= 15 is 0 Å². The number of piperidine rings is 1. The van der Waals surface area contributed by atoms with E-state index in [1.165, 1.54) is 0 Å². The van der Waals surface area contributed by atoms with Gasteiger partial charge in [-0.1, -0.05) is 13.8 Å². The molecule has 6 nitrogen and oxygen atoms in total. The van der Waals surface area contributed by atoms with Gasteiger partial charge in [-0.2, -0.15) is 5.10 Å². The van der Waals surface area contributed by atoms with E-state index < -0.39 is 5.60 Å². The predicted molar refractivity (Wildman–Crippen MR) is 87.1 cm³/mol. The van der Waals surface area contributed by atoms with Gasteiger partial charge >= 0.3 is 0 Å². The molecule has 0 aromatic carbocycles. The number of carbonyl (C=O) groups excluding carboxylic acids is 1. The van der Waals surface area contributed by atoms with E-state index in [0.717, 1.165) is 6.42 Å². The summed E-state index contributed by atoms with van der Waals surface area (Å²) < 4.78 is 1.61. The van der Waals surface area contributed by atoms with Gasteiger partial charge in [-0.25, -0.2) is 9.50 Å². The van der Waals surface area contributed by atoms with Crippen molar-refractivity contribution in [1.82, 2.24) is 19.5 Å². The molecule has 1 saturated heterocycles. The van der Waals surface area contributed by atoms with Gasteiger partial charge in [0.2, 0.25) is 0 Å². The van der Waals surface area contributed by atoms with Crippen LogP contribution in [0.5, 0.6) is 0 Å². The molecular weight excluding hydrogens is 292 g/mol. The Kier molecular flexibility index (Phi) is 4.10. The van der Waals surface area contributed by atoms with Crippen LogP contribution in [0.3, 0.4) is 0 Å². The number of hydrogen-bond acceptors (Lipinski definition) is 4. The van der Waals surface area contributed by atoms with Gasteiger partial charge in [0.1, 0.15) is 5.56 Å². The standard InChI is InChI=1S/C17H24N4O2/c1-12(2)9-13-11-20(8-5-17(13,3)23)16(22)14-10-19-21-7-4-6-18-15(14)21/h4,6-7,10,12-13,23H,5,8-9,11H2,1-3H3/t13-,17+/m1/s1. The number of aromatic nitrogens is 3. The number of rotatable bonds is 3. The van der Waals surface area contributed by atoms with Gasteiger partial charge < -0.3 is 10.0 Å². The lowest BCUT2D eigenvalue weighted by atomic mass is 9.78. The average Bonchev–Trinajstić information content (AvgIpc) is 2.92. The van der Waals surface area contributed by atoms with Gasteiger partial charge in [-0.05, 0) is 31.7 Å². The van der Waals surface area contributed by atoms with Crippen LogP contribution in [0.4, 0.5) is 0 Å². The maximum atomic E-state index is 12.9. The SMILES string of the molecule is CC(C)C[C@@H]1CN(C(=O)c2cnn3cccnc23)CC[C@]1(C)O. The Morgan fingerprint density at radius 2 is 2.30 bits per heavy atom. The average molecular weight is 316 g/mol. The van der Waals surface area contributed by atoms with E-state index in [0.29, 0.717) is 36.6 Å². The number of nitrogens with zero attached hydrogens (tertiary/aromatic N) is 4. The zero-order valence-electron chi connectivity index (χ0n) is 13.9. The van der Waals surface area contributed by atoms with E-state index in [9.17, 15) is 9.90 Å². The summed E-state index contributed by atoms with van der Waals surface area (Å²) in [6, 6.07) is 1.78. The molecule has 1 N–H and O–H groups in total. The summed E-state index contributed by atoms with van der Waals surface area (Å²) in [5.41, 5.74) is 0.395.